The van der Waals surface area contributed by atoms with Crippen LogP contribution in [0.25, 0.3) is 0 Å². The molecule has 2 unspecified atom stereocenters. The molecule has 2 atom stereocenters. The van der Waals surface area contributed by atoms with Gasteiger partial charge in [-0.25, -0.2) is 0 Å². The average Bonchev–Trinajstić information content (AvgIpc) is 2.35. The van der Waals surface area contributed by atoms with E-state index in [2.05, 4.69) is 61.8 Å². The van der Waals surface area contributed by atoms with Crippen LogP contribution in [0.1, 0.15) is 50.3 Å². The zero-order valence-corrected chi connectivity index (χ0v) is 12.5. The summed E-state index contributed by atoms with van der Waals surface area (Å²) >= 11 is 3.59. The van der Waals surface area contributed by atoms with Crippen molar-refractivity contribution < 1.29 is 0 Å². The highest BCUT2D eigenvalue weighted by Crippen LogP contribution is 2.29. The molecular weight excluding hydrogens is 260 g/mol. The molecule has 0 fully saturated rings. The van der Waals surface area contributed by atoms with Crippen LogP contribution >= 0.6 is 15.9 Å². The Labute approximate surface area is 109 Å². The average molecular weight is 283 g/mol. The highest BCUT2D eigenvalue weighted by atomic mass is 79.9. The highest BCUT2D eigenvalue weighted by molar-refractivity contribution is 9.09. The van der Waals surface area contributed by atoms with E-state index in [4.69, 9.17) is 0 Å². The maximum absolute atomic E-state index is 3.59. The molecule has 0 aliphatic heterocycles. The van der Waals surface area contributed by atoms with Crippen molar-refractivity contribution in [3.8, 4) is 0 Å². The summed E-state index contributed by atoms with van der Waals surface area (Å²) in [4.78, 5) is 0. The van der Waals surface area contributed by atoms with Crippen LogP contribution in [-0.4, -0.2) is 5.33 Å². The van der Waals surface area contributed by atoms with Gasteiger partial charge in [-0.3, -0.25) is 0 Å². The topological polar surface area (TPSA) is 0 Å². The minimum Gasteiger partial charge on any atom is -0.0925 e. The van der Waals surface area contributed by atoms with E-state index < -0.39 is 0 Å². The van der Waals surface area contributed by atoms with Crippen molar-refractivity contribution >= 4 is 15.9 Å². The predicted octanol–water partition coefficient (Wildman–Crippen LogP) is 4.95. The maximum Gasteiger partial charge on any atom is 0.00627 e. The van der Waals surface area contributed by atoms with Gasteiger partial charge < -0.3 is 0 Å². The van der Waals surface area contributed by atoms with E-state index in [1.165, 1.54) is 11.1 Å². The Morgan fingerprint density at radius 3 is 2.31 bits per heavy atom. The van der Waals surface area contributed by atoms with Crippen molar-refractivity contribution in [2.75, 3.05) is 5.33 Å². The molecule has 0 aliphatic carbocycles. The van der Waals surface area contributed by atoms with Crippen molar-refractivity contribution in [2.45, 2.75) is 46.5 Å². The number of aryl methyl sites for hydroxylation is 2. The number of halogens is 1. The van der Waals surface area contributed by atoms with E-state index in [0.717, 1.165) is 18.2 Å². The molecule has 1 heteroatoms. The lowest BCUT2D eigenvalue weighted by Crippen LogP contribution is -2.10. The van der Waals surface area contributed by atoms with Crippen LogP contribution in [0.4, 0.5) is 0 Å². The molecule has 0 heterocycles. The second-order valence-electron chi connectivity index (χ2n) is 4.66. The largest absolute Gasteiger partial charge is 0.0925 e. The number of benzene rings is 1. The van der Waals surface area contributed by atoms with Gasteiger partial charge in [0.05, 0.1) is 0 Å². The maximum atomic E-state index is 3.59. The monoisotopic (exact) mass is 282 g/mol. The molecule has 0 bridgehead atoms. The van der Waals surface area contributed by atoms with Gasteiger partial charge in [0, 0.05) is 5.33 Å². The van der Waals surface area contributed by atoms with Crippen LogP contribution in [0.3, 0.4) is 0 Å². The quantitative estimate of drug-likeness (QED) is 0.671. The smallest absolute Gasteiger partial charge is 0.00627 e. The number of rotatable bonds is 5. The van der Waals surface area contributed by atoms with Gasteiger partial charge in [0.15, 0.2) is 0 Å². The molecule has 16 heavy (non-hydrogen) atoms. The second-order valence-corrected chi connectivity index (χ2v) is 5.31. The third-order valence-corrected chi connectivity index (χ3v) is 4.61. The van der Waals surface area contributed by atoms with E-state index in [9.17, 15) is 0 Å². The summed E-state index contributed by atoms with van der Waals surface area (Å²) in [5.41, 5.74) is 4.52. The van der Waals surface area contributed by atoms with Crippen LogP contribution in [0.5, 0.6) is 0 Å². The van der Waals surface area contributed by atoms with Crippen LogP contribution < -0.4 is 0 Å². The molecule has 0 saturated heterocycles. The minimum atomic E-state index is 0.640. The summed E-state index contributed by atoms with van der Waals surface area (Å²) in [6.45, 7) is 9.14. The highest BCUT2D eigenvalue weighted by Gasteiger charge is 2.16. The Morgan fingerprint density at radius 1 is 1.12 bits per heavy atom. The van der Waals surface area contributed by atoms with Crippen LogP contribution in [-0.2, 0) is 12.8 Å². The zero-order chi connectivity index (χ0) is 12.1. The first-order valence-electron chi connectivity index (χ1n) is 6.31. The SMILES string of the molecule is CCc1ccc(CC)c(C(C)C(C)CBr)c1. The molecule has 1 aromatic rings. The van der Waals surface area contributed by atoms with Crippen molar-refractivity contribution in [3.05, 3.63) is 34.9 Å². The standard InChI is InChI=1S/C15H23Br/c1-5-13-7-8-14(6-2)15(9-13)12(4)11(3)10-16/h7-9,11-12H,5-6,10H2,1-4H3. The number of hydrogen-bond acceptors (Lipinski definition) is 0. The normalized spacial score (nSPS) is 14.8. The van der Waals surface area contributed by atoms with Crippen molar-refractivity contribution in [3.63, 3.8) is 0 Å². The predicted molar refractivity (Wildman–Crippen MR) is 76.6 cm³/mol. The Balaban J connectivity index is 3.07. The fourth-order valence-electron chi connectivity index (χ4n) is 2.05. The van der Waals surface area contributed by atoms with E-state index >= 15 is 0 Å². The molecule has 1 rings (SSSR count). The molecule has 0 aromatic heterocycles. The van der Waals surface area contributed by atoms with Crippen molar-refractivity contribution in [2.24, 2.45) is 5.92 Å². The zero-order valence-electron chi connectivity index (χ0n) is 10.9. The molecule has 0 aliphatic rings. The molecular formula is C15H23Br. The van der Waals surface area contributed by atoms with E-state index in [-0.39, 0.29) is 0 Å². The molecule has 0 N–H and O–H groups in total. The molecule has 90 valence electrons. The van der Waals surface area contributed by atoms with E-state index in [1.54, 1.807) is 5.56 Å². The number of alkyl halides is 1. The Bertz CT molecular complexity index is 330. The van der Waals surface area contributed by atoms with Gasteiger partial charge in [-0.2, -0.15) is 0 Å². The minimum absolute atomic E-state index is 0.640. The fraction of sp³-hybridized carbons (Fsp3) is 0.600. The van der Waals surface area contributed by atoms with Crippen LogP contribution in [0.15, 0.2) is 18.2 Å². The molecule has 0 spiro atoms. The van der Waals surface area contributed by atoms with E-state index in [0.29, 0.717) is 11.8 Å². The van der Waals surface area contributed by atoms with Gasteiger partial charge in [0.2, 0.25) is 0 Å². The lowest BCUT2D eigenvalue weighted by molar-refractivity contribution is 0.543. The first kappa shape index (κ1) is 13.8. The fourth-order valence-corrected chi connectivity index (χ4v) is 2.61. The third kappa shape index (κ3) is 3.10. The first-order chi connectivity index (χ1) is 7.63. The van der Waals surface area contributed by atoms with Gasteiger partial charge >= 0.3 is 0 Å². The van der Waals surface area contributed by atoms with E-state index in [1.807, 2.05) is 0 Å². The molecule has 0 radical (unpaired) electrons. The lowest BCUT2D eigenvalue weighted by atomic mass is 9.85. The van der Waals surface area contributed by atoms with Crippen LogP contribution in [0, 0.1) is 5.92 Å². The Hall–Kier alpha value is -0.300. The second kappa shape index (κ2) is 6.44. The third-order valence-electron chi connectivity index (χ3n) is 3.59. The summed E-state index contributed by atoms with van der Waals surface area (Å²) in [6, 6.07) is 6.99. The van der Waals surface area contributed by atoms with Gasteiger partial charge in [0.1, 0.15) is 0 Å². The van der Waals surface area contributed by atoms with Gasteiger partial charge in [-0.1, -0.05) is 61.8 Å². The summed E-state index contributed by atoms with van der Waals surface area (Å²) in [6.07, 6.45) is 2.27. The molecule has 0 nitrogen and oxygen atoms in total. The van der Waals surface area contributed by atoms with Crippen molar-refractivity contribution in [1.82, 2.24) is 0 Å². The summed E-state index contributed by atoms with van der Waals surface area (Å²) in [7, 11) is 0. The summed E-state index contributed by atoms with van der Waals surface area (Å²) in [5.74, 6) is 1.33. The molecule has 0 amide bonds. The summed E-state index contributed by atoms with van der Waals surface area (Å²) < 4.78 is 0. The van der Waals surface area contributed by atoms with Crippen LogP contribution in [0.2, 0.25) is 0 Å². The molecule has 1 aromatic carbocycles. The van der Waals surface area contributed by atoms with Gasteiger partial charge in [0.25, 0.3) is 0 Å². The van der Waals surface area contributed by atoms with Gasteiger partial charge in [-0.15, -0.1) is 0 Å². The lowest BCUT2D eigenvalue weighted by Gasteiger charge is -2.22. The Kier molecular flexibility index (Phi) is 5.54. The number of hydrogen-bond donors (Lipinski definition) is 0. The summed E-state index contributed by atoms with van der Waals surface area (Å²) in [5, 5.41) is 1.08. The van der Waals surface area contributed by atoms with Gasteiger partial charge in [-0.05, 0) is 41.4 Å². The van der Waals surface area contributed by atoms with Crippen molar-refractivity contribution in [1.29, 1.82) is 0 Å². The molecule has 0 saturated carbocycles. The Morgan fingerprint density at radius 2 is 1.81 bits per heavy atom. The first-order valence-corrected chi connectivity index (χ1v) is 7.43.